The van der Waals surface area contributed by atoms with Crippen LogP contribution in [0, 0.1) is 0 Å². The summed E-state index contributed by atoms with van der Waals surface area (Å²) in [5.74, 6) is -0.427. The lowest BCUT2D eigenvalue weighted by Gasteiger charge is -2.33. The number of carbonyl (C=O) groups is 2. The van der Waals surface area contributed by atoms with E-state index in [9.17, 15) is 22.8 Å². The molecule has 0 saturated carbocycles. The van der Waals surface area contributed by atoms with Gasteiger partial charge in [0.15, 0.2) is 5.69 Å². The quantitative estimate of drug-likeness (QED) is 0.563. The van der Waals surface area contributed by atoms with Gasteiger partial charge in [-0.25, -0.2) is 4.68 Å². The zero-order valence-corrected chi connectivity index (χ0v) is 19.1. The highest BCUT2D eigenvalue weighted by atomic mass is 19.4. The maximum atomic E-state index is 13.6. The van der Waals surface area contributed by atoms with Crippen molar-refractivity contribution in [3.8, 4) is 11.4 Å². The van der Waals surface area contributed by atoms with Crippen LogP contribution in [0.2, 0.25) is 0 Å². The molecular weight excluding hydrogens is 461 g/mol. The first-order valence-electron chi connectivity index (χ1n) is 11.3. The Morgan fingerprint density at radius 3 is 2.49 bits per heavy atom. The molecule has 1 aromatic heterocycles. The van der Waals surface area contributed by atoms with Crippen LogP contribution in [0.25, 0.3) is 5.69 Å². The minimum Gasteiger partial charge on any atom is -0.494 e. The van der Waals surface area contributed by atoms with Gasteiger partial charge in [-0.15, -0.1) is 0 Å². The number of aromatic nitrogens is 2. The monoisotopic (exact) mass is 486 g/mol. The molecule has 4 rings (SSSR count). The van der Waals surface area contributed by atoms with Gasteiger partial charge in [-0.3, -0.25) is 9.59 Å². The molecule has 1 aliphatic rings. The predicted molar refractivity (Wildman–Crippen MR) is 123 cm³/mol. The van der Waals surface area contributed by atoms with E-state index in [-0.39, 0.29) is 12.5 Å². The number of hydrogen-bond donors (Lipinski definition) is 1. The Morgan fingerprint density at radius 1 is 1.11 bits per heavy atom. The zero-order chi connectivity index (χ0) is 25.0. The van der Waals surface area contributed by atoms with E-state index in [1.54, 1.807) is 59.5 Å². The number of piperidine rings is 1. The predicted octanol–water partition coefficient (Wildman–Crippen LogP) is 4.32. The van der Waals surface area contributed by atoms with Gasteiger partial charge in [0.25, 0.3) is 11.8 Å². The summed E-state index contributed by atoms with van der Waals surface area (Å²) in [6.45, 7) is 3.08. The number of nitrogens with zero attached hydrogens (tertiary/aromatic N) is 3. The molecule has 7 nitrogen and oxygen atoms in total. The third-order valence-corrected chi connectivity index (χ3v) is 5.70. The van der Waals surface area contributed by atoms with Crippen LogP contribution in [-0.4, -0.2) is 52.2 Å². The summed E-state index contributed by atoms with van der Waals surface area (Å²) in [4.78, 5) is 27.4. The van der Waals surface area contributed by atoms with Crippen molar-refractivity contribution in [1.29, 1.82) is 0 Å². The Hall–Kier alpha value is -3.82. The van der Waals surface area contributed by atoms with Crippen molar-refractivity contribution in [3.05, 3.63) is 77.6 Å². The molecule has 1 N–H and O–H groups in total. The van der Waals surface area contributed by atoms with Gasteiger partial charge < -0.3 is 15.0 Å². The number of benzene rings is 2. The van der Waals surface area contributed by atoms with Crippen LogP contribution < -0.4 is 10.1 Å². The normalized spacial score (nSPS) is 16.1. The Bertz CT molecular complexity index is 1180. The molecule has 1 aliphatic heterocycles. The van der Waals surface area contributed by atoms with Crippen molar-refractivity contribution < 1.29 is 27.5 Å². The van der Waals surface area contributed by atoms with Crippen molar-refractivity contribution in [1.82, 2.24) is 20.0 Å². The maximum Gasteiger partial charge on any atom is 0.435 e. The third-order valence-electron chi connectivity index (χ3n) is 5.70. The topological polar surface area (TPSA) is 76.5 Å². The van der Waals surface area contributed by atoms with Crippen LogP contribution in [-0.2, 0) is 6.18 Å². The summed E-state index contributed by atoms with van der Waals surface area (Å²) in [5, 5.41) is 6.29. The zero-order valence-electron chi connectivity index (χ0n) is 19.1. The molecule has 0 spiro atoms. The lowest BCUT2D eigenvalue weighted by molar-refractivity contribution is -0.141. The molecule has 2 heterocycles. The number of carbonyl (C=O) groups excluding carboxylic acids is 2. The van der Waals surface area contributed by atoms with Crippen LogP contribution in [0.5, 0.6) is 5.75 Å². The Balaban J connectivity index is 1.48. The lowest BCUT2D eigenvalue weighted by atomic mass is 10.0. The highest BCUT2D eigenvalue weighted by Gasteiger charge is 2.40. The minimum absolute atomic E-state index is 0.200. The molecule has 1 unspecified atom stereocenters. The van der Waals surface area contributed by atoms with E-state index in [1.165, 1.54) is 0 Å². The average molecular weight is 486 g/mol. The van der Waals surface area contributed by atoms with Gasteiger partial charge in [0.2, 0.25) is 0 Å². The van der Waals surface area contributed by atoms with Gasteiger partial charge in [-0.05, 0) is 56.2 Å². The third kappa shape index (κ3) is 5.64. The van der Waals surface area contributed by atoms with E-state index in [1.807, 2.05) is 6.92 Å². The number of likely N-dealkylation sites (tertiary alicyclic amines) is 1. The summed E-state index contributed by atoms with van der Waals surface area (Å²) >= 11 is 0. The van der Waals surface area contributed by atoms with Gasteiger partial charge >= 0.3 is 6.18 Å². The fraction of sp³-hybridized carbons (Fsp3) is 0.320. The van der Waals surface area contributed by atoms with Crippen molar-refractivity contribution in [2.24, 2.45) is 0 Å². The minimum atomic E-state index is -4.80. The molecule has 2 aromatic carbocycles. The average Bonchev–Trinajstić information content (AvgIpc) is 3.32. The number of rotatable bonds is 6. The first-order valence-corrected chi connectivity index (χ1v) is 11.3. The van der Waals surface area contributed by atoms with Crippen molar-refractivity contribution in [2.75, 3.05) is 19.7 Å². The molecular formula is C25H25F3N4O3. The highest BCUT2D eigenvalue weighted by Crippen LogP contribution is 2.31. The SMILES string of the molecule is CCOc1ccc(C(=O)N2CCCC(NC(=O)c3cn(-c4ccccc4)nc3C(F)(F)F)C2)cc1. The first kappa shape index (κ1) is 24.3. The molecule has 1 atom stereocenters. The van der Waals surface area contributed by atoms with E-state index < -0.39 is 29.4 Å². The molecule has 3 aromatic rings. The molecule has 35 heavy (non-hydrogen) atoms. The molecule has 0 aliphatic carbocycles. The summed E-state index contributed by atoms with van der Waals surface area (Å²) < 4.78 is 47.3. The van der Waals surface area contributed by atoms with Crippen molar-refractivity contribution in [3.63, 3.8) is 0 Å². The summed E-state index contributed by atoms with van der Waals surface area (Å²) in [7, 11) is 0. The smallest absolute Gasteiger partial charge is 0.435 e. The van der Waals surface area contributed by atoms with Crippen molar-refractivity contribution >= 4 is 11.8 Å². The first-order chi connectivity index (χ1) is 16.8. The van der Waals surface area contributed by atoms with Gasteiger partial charge in [-0.2, -0.15) is 18.3 Å². The molecule has 10 heteroatoms. The van der Waals surface area contributed by atoms with Gasteiger partial charge in [0, 0.05) is 30.9 Å². The number of para-hydroxylation sites is 1. The lowest BCUT2D eigenvalue weighted by Crippen LogP contribution is -2.49. The number of hydrogen-bond acceptors (Lipinski definition) is 4. The standard InChI is InChI=1S/C25H25F3N4O3/c1-2-35-20-12-10-17(11-13-20)24(34)31-14-6-7-18(15-31)29-23(33)21-16-32(19-8-4-3-5-9-19)30-22(21)25(26,27)28/h3-5,8-13,16,18H,2,6-7,14-15H2,1H3,(H,29,33). The van der Waals surface area contributed by atoms with E-state index in [0.717, 1.165) is 10.9 Å². The number of amides is 2. The van der Waals surface area contributed by atoms with Gasteiger partial charge in [-0.1, -0.05) is 18.2 Å². The van der Waals surface area contributed by atoms with Crippen LogP contribution >= 0.6 is 0 Å². The van der Waals surface area contributed by atoms with E-state index in [2.05, 4.69) is 10.4 Å². The largest absolute Gasteiger partial charge is 0.494 e. The molecule has 0 radical (unpaired) electrons. The molecule has 1 saturated heterocycles. The van der Waals surface area contributed by atoms with E-state index >= 15 is 0 Å². The molecule has 2 amide bonds. The van der Waals surface area contributed by atoms with Gasteiger partial charge in [0.1, 0.15) is 5.75 Å². The number of halogens is 3. The van der Waals surface area contributed by atoms with Crippen LogP contribution in [0.3, 0.4) is 0 Å². The number of alkyl halides is 3. The second-order valence-corrected chi connectivity index (χ2v) is 8.19. The van der Waals surface area contributed by atoms with Crippen LogP contribution in [0.1, 0.15) is 46.2 Å². The fourth-order valence-electron chi connectivity index (χ4n) is 4.05. The summed E-state index contributed by atoms with van der Waals surface area (Å²) in [6.07, 6.45) is -2.55. The molecule has 1 fully saturated rings. The van der Waals surface area contributed by atoms with Gasteiger partial charge in [0.05, 0.1) is 17.9 Å². The van der Waals surface area contributed by atoms with Crippen LogP contribution in [0.15, 0.2) is 60.8 Å². The van der Waals surface area contributed by atoms with Crippen LogP contribution in [0.4, 0.5) is 13.2 Å². The van der Waals surface area contributed by atoms with Crippen molar-refractivity contribution in [2.45, 2.75) is 32.0 Å². The van der Waals surface area contributed by atoms with E-state index in [4.69, 9.17) is 4.74 Å². The number of nitrogens with one attached hydrogen (secondary N) is 1. The number of ether oxygens (including phenoxy) is 1. The summed E-state index contributed by atoms with van der Waals surface area (Å²) in [5.41, 5.74) is -0.931. The Labute approximate surface area is 200 Å². The summed E-state index contributed by atoms with van der Waals surface area (Å²) in [6, 6.07) is 14.5. The molecule has 184 valence electrons. The Morgan fingerprint density at radius 2 is 1.83 bits per heavy atom. The maximum absolute atomic E-state index is 13.6. The van der Waals surface area contributed by atoms with E-state index in [0.29, 0.717) is 43.0 Å². The molecule has 0 bridgehead atoms. The Kier molecular flexibility index (Phi) is 7.09. The second kappa shape index (κ2) is 10.2. The highest BCUT2D eigenvalue weighted by molar-refractivity contribution is 5.96. The second-order valence-electron chi connectivity index (χ2n) is 8.19. The fourth-order valence-corrected chi connectivity index (χ4v) is 4.05.